The van der Waals surface area contributed by atoms with Gasteiger partial charge in [-0.05, 0) is 51.3 Å². The molecule has 0 saturated carbocycles. The van der Waals surface area contributed by atoms with E-state index < -0.39 is 17.6 Å². The molecule has 1 aromatic heterocycles. The zero-order valence-corrected chi connectivity index (χ0v) is 18.9. The fourth-order valence-corrected chi connectivity index (χ4v) is 4.74. The maximum Gasteiger partial charge on any atom is 0.165 e. The van der Waals surface area contributed by atoms with Crippen molar-refractivity contribution < 1.29 is 14.2 Å². The Morgan fingerprint density at radius 1 is 1.20 bits per heavy atom. The average molecular weight is 450 g/mol. The summed E-state index contributed by atoms with van der Waals surface area (Å²) in [6, 6.07) is 7.54. The molecule has 0 unspecified atom stereocenters. The van der Waals surface area contributed by atoms with Crippen LogP contribution in [0.3, 0.4) is 0 Å². The van der Waals surface area contributed by atoms with Gasteiger partial charge in [0.25, 0.3) is 0 Å². The van der Waals surface area contributed by atoms with Gasteiger partial charge in [-0.3, -0.25) is 4.99 Å². The van der Waals surface area contributed by atoms with E-state index in [2.05, 4.69) is 16.7 Å². The molecule has 4 rings (SSSR count). The largest absolute Gasteiger partial charge is 0.348 e. The minimum atomic E-state index is -0.736. The zero-order valence-electron chi connectivity index (χ0n) is 17.4. The lowest BCUT2D eigenvalue weighted by Crippen LogP contribution is -2.44. The first-order valence-corrected chi connectivity index (χ1v) is 10.5. The molecule has 2 aliphatic rings. The van der Waals surface area contributed by atoms with E-state index in [1.807, 2.05) is 49.7 Å². The lowest BCUT2D eigenvalue weighted by Gasteiger charge is -2.29. The molecule has 0 bridgehead atoms. The average Bonchev–Trinajstić information content (AvgIpc) is 3.26. The number of nitrogens with zero attached hydrogens (tertiary/aromatic N) is 3. The monoisotopic (exact) mass is 449 g/mol. The van der Waals surface area contributed by atoms with E-state index in [0.717, 1.165) is 11.1 Å². The summed E-state index contributed by atoms with van der Waals surface area (Å²) < 4.78 is 21.2. The Labute approximate surface area is 186 Å². The number of aliphatic imine (C=N–C) groups is 2. The third kappa shape index (κ3) is 3.61. The van der Waals surface area contributed by atoms with Crippen LogP contribution in [0.2, 0.25) is 10.0 Å². The molecule has 1 aromatic carbocycles. The third-order valence-electron chi connectivity index (χ3n) is 5.66. The molecule has 0 N–H and O–H groups in total. The van der Waals surface area contributed by atoms with Crippen LogP contribution in [0, 0.1) is 0 Å². The summed E-state index contributed by atoms with van der Waals surface area (Å²) in [6.45, 7) is 9.60. The quantitative estimate of drug-likeness (QED) is 0.587. The SMILES string of the molecule is C=Nc1c(C=NC)ccn1[C@@H]1O[C@H](Cc2ccc(Cl)c(Cl)c2)[C@@]2(C)OC(C)(C)O[C@@H]12. The standard InChI is InChI=1S/C22H25Cl2N3O3/c1-21(2)29-18-20(27-9-8-14(12-25-4)19(27)26-5)28-17(22(18,3)30-21)11-13-6-7-15(23)16(24)10-13/h6-10,12,17-18,20H,5,11H2,1-4H3/t17-,18+,20-,22-/m1/s1. The summed E-state index contributed by atoms with van der Waals surface area (Å²) in [5.74, 6) is -0.0589. The molecule has 0 amide bonds. The lowest BCUT2D eigenvalue weighted by atomic mass is 9.90. The summed E-state index contributed by atoms with van der Waals surface area (Å²) in [4.78, 5) is 8.31. The first-order valence-electron chi connectivity index (χ1n) is 9.75. The molecular weight excluding hydrogens is 425 g/mol. The first kappa shape index (κ1) is 21.5. The molecule has 2 aliphatic heterocycles. The van der Waals surface area contributed by atoms with Crippen molar-refractivity contribution in [2.45, 2.75) is 57.0 Å². The van der Waals surface area contributed by atoms with Gasteiger partial charge in [0, 0.05) is 31.4 Å². The molecule has 3 heterocycles. The second kappa shape index (κ2) is 7.77. The van der Waals surface area contributed by atoms with Crippen molar-refractivity contribution in [3.8, 4) is 0 Å². The highest BCUT2D eigenvalue weighted by atomic mass is 35.5. The van der Waals surface area contributed by atoms with Crippen LogP contribution in [0.4, 0.5) is 5.82 Å². The summed E-state index contributed by atoms with van der Waals surface area (Å²) in [5.41, 5.74) is 1.21. The summed E-state index contributed by atoms with van der Waals surface area (Å²) in [6.07, 6.45) is 3.24. The number of hydrogen-bond donors (Lipinski definition) is 0. The van der Waals surface area contributed by atoms with Crippen molar-refractivity contribution in [1.82, 2.24) is 4.57 Å². The van der Waals surface area contributed by atoms with E-state index in [1.165, 1.54) is 0 Å². The molecule has 6 nitrogen and oxygen atoms in total. The smallest absolute Gasteiger partial charge is 0.165 e. The van der Waals surface area contributed by atoms with Gasteiger partial charge in [-0.1, -0.05) is 29.3 Å². The fraction of sp³-hybridized carbons (Fsp3) is 0.455. The first-order chi connectivity index (χ1) is 14.2. The Balaban J connectivity index is 1.72. The van der Waals surface area contributed by atoms with E-state index in [9.17, 15) is 0 Å². The summed E-state index contributed by atoms with van der Waals surface area (Å²) in [5, 5.41) is 1.04. The Bertz CT molecular complexity index is 1000. The second-order valence-electron chi connectivity index (χ2n) is 8.24. The Hall–Kier alpha value is -1.70. The Kier molecular flexibility index (Phi) is 5.58. The zero-order chi connectivity index (χ0) is 21.7. The molecule has 4 atom stereocenters. The van der Waals surface area contributed by atoms with Gasteiger partial charge in [0.15, 0.2) is 12.0 Å². The van der Waals surface area contributed by atoms with Crippen LogP contribution in [0.1, 0.15) is 38.1 Å². The highest BCUT2D eigenvalue weighted by molar-refractivity contribution is 6.42. The van der Waals surface area contributed by atoms with Crippen molar-refractivity contribution in [2.75, 3.05) is 7.05 Å². The van der Waals surface area contributed by atoms with Crippen LogP contribution < -0.4 is 0 Å². The number of hydrogen-bond acceptors (Lipinski definition) is 5. The number of ether oxygens (including phenoxy) is 3. The normalized spacial score (nSPS) is 30.1. The van der Waals surface area contributed by atoms with Gasteiger partial charge in [0.05, 0.1) is 16.1 Å². The van der Waals surface area contributed by atoms with E-state index in [4.69, 9.17) is 37.4 Å². The van der Waals surface area contributed by atoms with Crippen LogP contribution in [0.25, 0.3) is 0 Å². The van der Waals surface area contributed by atoms with Gasteiger partial charge in [0.1, 0.15) is 17.5 Å². The van der Waals surface area contributed by atoms with Gasteiger partial charge >= 0.3 is 0 Å². The van der Waals surface area contributed by atoms with Crippen LogP contribution in [-0.2, 0) is 20.6 Å². The number of halogens is 2. The summed E-state index contributed by atoms with van der Waals surface area (Å²) in [7, 11) is 1.72. The molecule has 2 fully saturated rings. The Morgan fingerprint density at radius 2 is 1.97 bits per heavy atom. The van der Waals surface area contributed by atoms with Gasteiger partial charge < -0.3 is 18.8 Å². The molecule has 2 aromatic rings. The van der Waals surface area contributed by atoms with Gasteiger partial charge in [-0.2, -0.15) is 0 Å². The third-order valence-corrected chi connectivity index (χ3v) is 6.40. The number of benzene rings is 1. The molecular formula is C22H25Cl2N3O3. The van der Waals surface area contributed by atoms with E-state index in [-0.39, 0.29) is 12.2 Å². The molecule has 30 heavy (non-hydrogen) atoms. The van der Waals surface area contributed by atoms with Crippen LogP contribution in [0.15, 0.2) is 40.4 Å². The number of fused-ring (bicyclic) bond motifs is 1. The molecule has 0 radical (unpaired) electrons. The highest BCUT2D eigenvalue weighted by Gasteiger charge is 2.63. The lowest BCUT2D eigenvalue weighted by molar-refractivity contribution is -0.210. The molecule has 8 heteroatoms. The van der Waals surface area contributed by atoms with Crippen molar-refractivity contribution in [3.63, 3.8) is 0 Å². The van der Waals surface area contributed by atoms with Crippen LogP contribution in [-0.4, -0.2) is 48.1 Å². The van der Waals surface area contributed by atoms with Crippen LogP contribution >= 0.6 is 23.2 Å². The van der Waals surface area contributed by atoms with Crippen molar-refractivity contribution in [3.05, 3.63) is 51.6 Å². The predicted molar refractivity (Wildman–Crippen MR) is 120 cm³/mol. The van der Waals surface area contributed by atoms with Gasteiger partial charge in [-0.15, -0.1) is 0 Å². The van der Waals surface area contributed by atoms with E-state index >= 15 is 0 Å². The van der Waals surface area contributed by atoms with Crippen molar-refractivity contribution in [2.24, 2.45) is 9.98 Å². The number of aromatic nitrogens is 1. The minimum Gasteiger partial charge on any atom is -0.348 e. The molecule has 2 saturated heterocycles. The van der Waals surface area contributed by atoms with E-state index in [0.29, 0.717) is 22.3 Å². The summed E-state index contributed by atoms with van der Waals surface area (Å²) >= 11 is 12.3. The maximum absolute atomic E-state index is 6.52. The van der Waals surface area contributed by atoms with Gasteiger partial charge in [-0.25, -0.2) is 4.99 Å². The molecule has 0 spiro atoms. The minimum absolute atomic E-state index is 0.269. The van der Waals surface area contributed by atoms with E-state index in [1.54, 1.807) is 19.3 Å². The Morgan fingerprint density at radius 3 is 2.63 bits per heavy atom. The maximum atomic E-state index is 6.52. The second-order valence-corrected chi connectivity index (χ2v) is 9.05. The number of rotatable bonds is 5. The highest BCUT2D eigenvalue weighted by Crippen LogP contribution is 2.52. The van der Waals surface area contributed by atoms with Crippen molar-refractivity contribution in [1.29, 1.82) is 0 Å². The fourth-order valence-electron chi connectivity index (χ4n) is 4.42. The molecule has 160 valence electrons. The van der Waals surface area contributed by atoms with Crippen molar-refractivity contribution >= 4 is 42.0 Å². The predicted octanol–water partition coefficient (Wildman–Crippen LogP) is 5.23. The van der Waals surface area contributed by atoms with Crippen LogP contribution in [0.5, 0.6) is 0 Å². The van der Waals surface area contributed by atoms with Gasteiger partial charge in [0.2, 0.25) is 0 Å². The molecule has 0 aliphatic carbocycles. The topological polar surface area (TPSA) is 57.3 Å².